The minimum atomic E-state index is -0.452. The van der Waals surface area contributed by atoms with E-state index in [-0.39, 0.29) is 18.0 Å². The number of hydrogen-bond donors (Lipinski definition) is 0. The molecule has 0 unspecified atom stereocenters. The molecule has 0 spiro atoms. The molecule has 0 heterocycles. The SMILES string of the molecule is Cc1cccc(C=CC(=O)CC(=O)C(C)(C)C)c1. The summed E-state index contributed by atoms with van der Waals surface area (Å²) in [7, 11) is 0. The highest BCUT2D eigenvalue weighted by molar-refractivity contribution is 6.07. The fourth-order valence-electron chi connectivity index (χ4n) is 1.45. The minimum Gasteiger partial charge on any atom is -0.299 e. The summed E-state index contributed by atoms with van der Waals surface area (Å²) < 4.78 is 0. The van der Waals surface area contributed by atoms with Crippen molar-refractivity contribution in [3.8, 4) is 0 Å². The molecule has 0 aliphatic carbocycles. The molecule has 1 aromatic rings. The van der Waals surface area contributed by atoms with Crippen LogP contribution in [0.2, 0.25) is 0 Å². The Kier molecular flexibility index (Phi) is 4.60. The second kappa shape index (κ2) is 5.76. The molecule has 18 heavy (non-hydrogen) atoms. The number of carbonyl (C=O) groups excluding carboxylic acids is 2. The average Bonchev–Trinajstić information content (AvgIpc) is 2.25. The van der Waals surface area contributed by atoms with Crippen molar-refractivity contribution < 1.29 is 9.59 Å². The Morgan fingerprint density at radius 3 is 2.44 bits per heavy atom. The Hall–Kier alpha value is -1.70. The van der Waals surface area contributed by atoms with Gasteiger partial charge in [0.1, 0.15) is 5.78 Å². The lowest BCUT2D eigenvalue weighted by Crippen LogP contribution is -2.22. The fraction of sp³-hybridized carbons (Fsp3) is 0.375. The second-order valence-corrected chi connectivity index (χ2v) is 5.56. The number of Topliss-reactive ketones (excluding diaryl/α,β-unsaturated/α-hetero) is 1. The smallest absolute Gasteiger partial charge is 0.163 e. The highest BCUT2D eigenvalue weighted by Crippen LogP contribution is 2.17. The summed E-state index contributed by atoms with van der Waals surface area (Å²) in [5.74, 6) is -0.169. The first-order chi connectivity index (χ1) is 8.29. The van der Waals surface area contributed by atoms with E-state index in [4.69, 9.17) is 0 Å². The van der Waals surface area contributed by atoms with Gasteiger partial charge in [-0.25, -0.2) is 0 Å². The summed E-state index contributed by atoms with van der Waals surface area (Å²) in [6.45, 7) is 7.48. The molecule has 1 aromatic carbocycles. The third-order valence-corrected chi connectivity index (χ3v) is 2.68. The van der Waals surface area contributed by atoms with E-state index in [0.717, 1.165) is 11.1 Å². The van der Waals surface area contributed by atoms with Crippen LogP contribution >= 0.6 is 0 Å². The Balaban J connectivity index is 2.63. The highest BCUT2D eigenvalue weighted by Gasteiger charge is 2.22. The third-order valence-electron chi connectivity index (χ3n) is 2.68. The van der Waals surface area contributed by atoms with E-state index in [1.807, 2.05) is 52.0 Å². The van der Waals surface area contributed by atoms with Crippen LogP contribution in [-0.4, -0.2) is 11.6 Å². The predicted octanol–water partition coefficient (Wildman–Crippen LogP) is 3.58. The van der Waals surface area contributed by atoms with Gasteiger partial charge in [0.2, 0.25) is 0 Å². The zero-order valence-corrected chi connectivity index (χ0v) is 11.5. The van der Waals surface area contributed by atoms with Gasteiger partial charge in [0.05, 0.1) is 6.42 Å². The zero-order valence-electron chi connectivity index (χ0n) is 11.5. The average molecular weight is 244 g/mol. The normalized spacial score (nSPS) is 11.8. The first-order valence-electron chi connectivity index (χ1n) is 6.10. The monoisotopic (exact) mass is 244 g/mol. The molecular formula is C16H20O2. The number of hydrogen-bond acceptors (Lipinski definition) is 2. The number of carbonyl (C=O) groups is 2. The van der Waals surface area contributed by atoms with Gasteiger partial charge in [-0.2, -0.15) is 0 Å². The van der Waals surface area contributed by atoms with Crippen molar-refractivity contribution in [3.63, 3.8) is 0 Å². The topological polar surface area (TPSA) is 34.1 Å². The lowest BCUT2D eigenvalue weighted by Gasteiger charge is -2.14. The molecule has 0 aliphatic rings. The molecule has 2 nitrogen and oxygen atoms in total. The first-order valence-corrected chi connectivity index (χ1v) is 6.10. The lowest BCUT2D eigenvalue weighted by molar-refractivity contribution is -0.130. The van der Waals surface area contributed by atoms with Gasteiger partial charge in [-0.3, -0.25) is 9.59 Å². The van der Waals surface area contributed by atoms with Crippen LogP contribution in [0.15, 0.2) is 30.3 Å². The van der Waals surface area contributed by atoms with Crippen molar-refractivity contribution in [2.75, 3.05) is 0 Å². The lowest BCUT2D eigenvalue weighted by atomic mass is 9.88. The van der Waals surface area contributed by atoms with Crippen LogP contribution in [0.3, 0.4) is 0 Å². The first kappa shape index (κ1) is 14.4. The van der Waals surface area contributed by atoms with Crippen LogP contribution in [0.5, 0.6) is 0 Å². The quantitative estimate of drug-likeness (QED) is 0.599. The van der Waals surface area contributed by atoms with Gasteiger partial charge in [0.25, 0.3) is 0 Å². The van der Waals surface area contributed by atoms with Gasteiger partial charge in [0.15, 0.2) is 5.78 Å². The third kappa shape index (κ3) is 4.66. The molecule has 0 N–H and O–H groups in total. The van der Waals surface area contributed by atoms with E-state index < -0.39 is 5.41 Å². The second-order valence-electron chi connectivity index (χ2n) is 5.56. The Morgan fingerprint density at radius 2 is 1.89 bits per heavy atom. The maximum Gasteiger partial charge on any atom is 0.163 e. The Bertz CT molecular complexity index is 476. The molecule has 0 bridgehead atoms. The van der Waals surface area contributed by atoms with E-state index >= 15 is 0 Å². The zero-order chi connectivity index (χ0) is 13.8. The van der Waals surface area contributed by atoms with Crippen molar-refractivity contribution in [3.05, 3.63) is 41.5 Å². The van der Waals surface area contributed by atoms with Crippen LogP contribution < -0.4 is 0 Å². The fourth-order valence-corrected chi connectivity index (χ4v) is 1.45. The maximum atomic E-state index is 11.7. The van der Waals surface area contributed by atoms with Crippen LogP contribution in [0.4, 0.5) is 0 Å². The number of rotatable bonds is 4. The largest absolute Gasteiger partial charge is 0.299 e. The van der Waals surface area contributed by atoms with Gasteiger partial charge in [-0.05, 0) is 18.6 Å². The van der Waals surface area contributed by atoms with Crippen LogP contribution in [0.1, 0.15) is 38.3 Å². The molecule has 0 amide bonds. The molecule has 2 heteroatoms. The van der Waals surface area contributed by atoms with Gasteiger partial charge in [-0.1, -0.05) is 56.7 Å². The maximum absolute atomic E-state index is 11.7. The van der Waals surface area contributed by atoms with Crippen molar-refractivity contribution in [1.82, 2.24) is 0 Å². The molecule has 0 aromatic heterocycles. The molecule has 96 valence electrons. The summed E-state index contributed by atoms with van der Waals surface area (Å²) in [6, 6.07) is 7.87. The standard InChI is InChI=1S/C16H20O2/c1-12-6-5-7-13(10-12)8-9-14(17)11-15(18)16(2,3)4/h5-10H,11H2,1-4H3. The van der Waals surface area contributed by atoms with Crippen molar-refractivity contribution in [1.29, 1.82) is 0 Å². The van der Waals surface area contributed by atoms with E-state index in [1.165, 1.54) is 6.08 Å². The van der Waals surface area contributed by atoms with Gasteiger partial charge < -0.3 is 0 Å². The number of benzene rings is 1. The highest BCUT2D eigenvalue weighted by atomic mass is 16.1. The number of allylic oxidation sites excluding steroid dienone is 1. The van der Waals surface area contributed by atoms with Crippen molar-refractivity contribution in [2.45, 2.75) is 34.1 Å². The molecule has 1 rings (SSSR count). The Morgan fingerprint density at radius 1 is 1.22 bits per heavy atom. The Labute approximate surface area is 109 Å². The number of ketones is 2. The summed E-state index contributed by atoms with van der Waals surface area (Å²) in [5, 5.41) is 0. The molecule has 0 atom stereocenters. The van der Waals surface area contributed by atoms with E-state index in [9.17, 15) is 9.59 Å². The predicted molar refractivity (Wildman–Crippen MR) is 74.3 cm³/mol. The van der Waals surface area contributed by atoms with Crippen molar-refractivity contribution >= 4 is 17.6 Å². The van der Waals surface area contributed by atoms with Crippen molar-refractivity contribution in [2.24, 2.45) is 5.41 Å². The molecule has 0 aliphatic heterocycles. The molecular weight excluding hydrogens is 224 g/mol. The van der Waals surface area contributed by atoms with E-state index in [0.29, 0.717) is 0 Å². The molecule has 0 fully saturated rings. The van der Waals surface area contributed by atoms with Crippen LogP contribution in [0, 0.1) is 12.3 Å². The van der Waals surface area contributed by atoms with Gasteiger partial charge in [-0.15, -0.1) is 0 Å². The molecule has 0 radical (unpaired) electrons. The summed E-state index contributed by atoms with van der Waals surface area (Å²) in [4.78, 5) is 23.3. The van der Waals surface area contributed by atoms with Gasteiger partial charge in [0, 0.05) is 5.41 Å². The van der Waals surface area contributed by atoms with E-state index in [1.54, 1.807) is 6.08 Å². The molecule has 0 saturated heterocycles. The van der Waals surface area contributed by atoms with Gasteiger partial charge >= 0.3 is 0 Å². The summed E-state index contributed by atoms with van der Waals surface area (Å²) >= 11 is 0. The van der Waals surface area contributed by atoms with E-state index in [2.05, 4.69) is 0 Å². The van der Waals surface area contributed by atoms with Crippen LogP contribution in [-0.2, 0) is 9.59 Å². The summed E-state index contributed by atoms with van der Waals surface area (Å²) in [6.07, 6.45) is 3.22. The number of aryl methyl sites for hydroxylation is 1. The summed E-state index contributed by atoms with van der Waals surface area (Å²) in [5.41, 5.74) is 1.68. The van der Waals surface area contributed by atoms with Crippen LogP contribution in [0.25, 0.3) is 6.08 Å². The molecule has 0 saturated carbocycles. The minimum absolute atomic E-state index is 0.0220.